The van der Waals surface area contributed by atoms with E-state index < -0.39 is 11.0 Å². The Hall–Kier alpha value is -2.18. The van der Waals surface area contributed by atoms with Gasteiger partial charge in [0.05, 0.1) is 17.1 Å². The fourth-order valence-electron chi connectivity index (χ4n) is 3.69. The molecule has 0 saturated heterocycles. The highest BCUT2D eigenvalue weighted by atomic mass is 19.1. The van der Waals surface area contributed by atoms with Crippen molar-refractivity contribution in [3.8, 4) is 6.07 Å². The second-order valence-corrected chi connectivity index (χ2v) is 6.27. The summed E-state index contributed by atoms with van der Waals surface area (Å²) in [4.78, 5) is 0. The number of nitrogens with zero attached hydrogens (tertiary/aromatic N) is 1. The summed E-state index contributed by atoms with van der Waals surface area (Å²) in [5.74, 6) is -0.251. The molecule has 1 aliphatic rings. The predicted octanol–water partition coefficient (Wildman–Crippen LogP) is 4.70. The molecule has 2 nitrogen and oxygen atoms in total. The molecule has 0 atom stereocenters. The average Bonchev–Trinajstić information content (AvgIpc) is 2.62. The molecule has 118 valence electrons. The number of hydrogen-bond donors (Lipinski definition) is 0. The van der Waals surface area contributed by atoms with Crippen molar-refractivity contribution in [3.63, 3.8) is 0 Å². The van der Waals surface area contributed by atoms with Gasteiger partial charge in [-0.25, -0.2) is 4.39 Å². The SMILES string of the molecule is COC1(c2cccc(F)c2)CCC(C#N)(c2ccccc2)CC1. The lowest BCUT2D eigenvalue weighted by atomic mass is 9.64. The molecule has 1 saturated carbocycles. The van der Waals surface area contributed by atoms with Crippen LogP contribution in [0.3, 0.4) is 0 Å². The fourth-order valence-corrected chi connectivity index (χ4v) is 3.69. The number of halogens is 1. The van der Waals surface area contributed by atoms with Gasteiger partial charge in [0.2, 0.25) is 0 Å². The van der Waals surface area contributed by atoms with Gasteiger partial charge in [-0.2, -0.15) is 5.26 Å². The third-order valence-corrected chi connectivity index (χ3v) is 5.19. The average molecular weight is 309 g/mol. The Bertz CT molecular complexity index is 712. The van der Waals surface area contributed by atoms with Gasteiger partial charge in [0.25, 0.3) is 0 Å². The predicted molar refractivity (Wildman–Crippen MR) is 87.3 cm³/mol. The first-order valence-corrected chi connectivity index (χ1v) is 7.92. The molecule has 2 aromatic rings. The van der Waals surface area contributed by atoms with Crippen molar-refractivity contribution in [3.05, 3.63) is 71.5 Å². The molecule has 0 spiro atoms. The largest absolute Gasteiger partial charge is 0.374 e. The van der Waals surface area contributed by atoms with Gasteiger partial charge < -0.3 is 4.74 Å². The molecule has 3 heteroatoms. The summed E-state index contributed by atoms with van der Waals surface area (Å²) in [6.45, 7) is 0. The number of nitriles is 1. The van der Waals surface area contributed by atoms with Crippen LogP contribution in [0.5, 0.6) is 0 Å². The second-order valence-electron chi connectivity index (χ2n) is 6.27. The van der Waals surface area contributed by atoms with Gasteiger partial charge in [0.1, 0.15) is 5.82 Å². The van der Waals surface area contributed by atoms with Crippen LogP contribution in [0, 0.1) is 17.1 Å². The zero-order valence-electron chi connectivity index (χ0n) is 13.3. The quantitative estimate of drug-likeness (QED) is 0.823. The number of ether oxygens (including phenoxy) is 1. The van der Waals surface area contributed by atoms with Crippen molar-refractivity contribution < 1.29 is 9.13 Å². The molecule has 1 aliphatic carbocycles. The van der Waals surface area contributed by atoms with E-state index in [-0.39, 0.29) is 5.82 Å². The number of benzene rings is 2. The second kappa shape index (κ2) is 6.14. The molecule has 0 amide bonds. The number of rotatable bonds is 3. The minimum atomic E-state index is -0.503. The van der Waals surface area contributed by atoms with Crippen LogP contribution in [0.1, 0.15) is 36.8 Å². The van der Waals surface area contributed by atoms with E-state index in [1.165, 1.54) is 6.07 Å². The molecule has 0 N–H and O–H groups in total. The van der Waals surface area contributed by atoms with Gasteiger partial charge in [-0.1, -0.05) is 42.5 Å². The molecule has 2 aromatic carbocycles. The standard InChI is InChI=1S/C20H20FNO/c1-23-20(17-8-5-9-18(21)14-17)12-10-19(15-22,11-13-20)16-6-3-2-4-7-16/h2-9,14H,10-13H2,1H3. The topological polar surface area (TPSA) is 33.0 Å². The maximum absolute atomic E-state index is 13.6. The molecular weight excluding hydrogens is 289 g/mol. The molecule has 0 heterocycles. The molecular formula is C20H20FNO. The van der Waals surface area contributed by atoms with Gasteiger partial charge in [-0.3, -0.25) is 0 Å². The van der Waals surface area contributed by atoms with Crippen LogP contribution in [0.15, 0.2) is 54.6 Å². The summed E-state index contributed by atoms with van der Waals surface area (Å²) in [6.07, 6.45) is 2.82. The summed E-state index contributed by atoms with van der Waals surface area (Å²) < 4.78 is 19.4. The third kappa shape index (κ3) is 2.75. The van der Waals surface area contributed by atoms with Crippen molar-refractivity contribution in [2.24, 2.45) is 0 Å². The lowest BCUT2D eigenvalue weighted by Gasteiger charge is -2.43. The highest BCUT2D eigenvalue weighted by Gasteiger charge is 2.45. The Morgan fingerprint density at radius 2 is 1.61 bits per heavy atom. The van der Waals surface area contributed by atoms with E-state index in [4.69, 9.17) is 4.74 Å². The van der Waals surface area contributed by atoms with E-state index in [0.717, 1.165) is 11.1 Å². The van der Waals surface area contributed by atoms with Crippen molar-refractivity contribution in [2.75, 3.05) is 7.11 Å². The van der Waals surface area contributed by atoms with E-state index in [9.17, 15) is 9.65 Å². The lowest BCUT2D eigenvalue weighted by molar-refractivity contribution is -0.0544. The highest BCUT2D eigenvalue weighted by molar-refractivity contribution is 5.35. The minimum Gasteiger partial charge on any atom is -0.374 e. The normalized spacial score (nSPS) is 27.3. The van der Waals surface area contributed by atoms with Crippen LogP contribution in [0.2, 0.25) is 0 Å². The maximum Gasteiger partial charge on any atom is 0.123 e. The smallest absolute Gasteiger partial charge is 0.123 e. The van der Waals surface area contributed by atoms with Crippen LogP contribution in [0.4, 0.5) is 4.39 Å². The van der Waals surface area contributed by atoms with Crippen molar-refractivity contribution in [1.29, 1.82) is 5.26 Å². The molecule has 0 radical (unpaired) electrons. The lowest BCUT2D eigenvalue weighted by Crippen LogP contribution is -2.40. The molecule has 0 aliphatic heterocycles. The van der Waals surface area contributed by atoms with Gasteiger partial charge in [0.15, 0.2) is 0 Å². The molecule has 23 heavy (non-hydrogen) atoms. The molecule has 1 fully saturated rings. The Kier molecular flexibility index (Phi) is 4.19. The number of hydrogen-bond acceptors (Lipinski definition) is 2. The third-order valence-electron chi connectivity index (χ3n) is 5.19. The number of methoxy groups -OCH3 is 1. The van der Waals surface area contributed by atoms with E-state index in [2.05, 4.69) is 6.07 Å². The summed E-state index contributed by atoms with van der Waals surface area (Å²) in [5, 5.41) is 9.80. The van der Waals surface area contributed by atoms with Crippen LogP contribution >= 0.6 is 0 Å². The van der Waals surface area contributed by atoms with Crippen LogP contribution < -0.4 is 0 Å². The Labute approximate surface area is 136 Å². The summed E-state index contributed by atoms with van der Waals surface area (Å²) in [6, 6.07) is 19.1. The fraction of sp³-hybridized carbons (Fsp3) is 0.350. The summed E-state index contributed by atoms with van der Waals surface area (Å²) in [5.41, 5.74) is 0.944. The van der Waals surface area contributed by atoms with Crippen LogP contribution in [0.25, 0.3) is 0 Å². The van der Waals surface area contributed by atoms with E-state index in [0.29, 0.717) is 25.7 Å². The van der Waals surface area contributed by atoms with Crippen LogP contribution in [-0.4, -0.2) is 7.11 Å². The van der Waals surface area contributed by atoms with Gasteiger partial charge in [0, 0.05) is 7.11 Å². The van der Waals surface area contributed by atoms with E-state index in [1.54, 1.807) is 19.2 Å². The molecule has 0 unspecified atom stereocenters. The summed E-state index contributed by atoms with van der Waals surface area (Å²) in [7, 11) is 1.67. The Morgan fingerprint density at radius 1 is 0.957 bits per heavy atom. The minimum absolute atomic E-state index is 0.251. The van der Waals surface area contributed by atoms with Gasteiger partial charge in [-0.15, -0.1) is 0 Å². The first-order valence-electron chi connectivity index (χ1n) is 7.92. The van der Waals surface area contributed by atoms with Crippen LogP contribution in [-0.2, 0) is 15.8 Å². The zero-order chi connectivity index (χ0) is 16.3. The maximum atomic E-state index is 13.6. The first kappa shape index (κ1) is 15.7. The molecule has 3 rings (SSSR count). The van der Waals surface area contributed by atoms with E-state index in [1.807, 2.05) is 36.4 Å². The highest BCUT2D eigenvalue weighted by Crippen LogP contribution is 2.48. The Morgan fingerprint density at radius 3 is 2.17 bits per heavy atom. The van der Waals surface area contributed by atoms with Gasteiger partial charge >= 0.3 is 0 Å². The molecule has 0 aromatic heterocycles. The summed E-state index contributed by atoms with van der Waals surface area (Å²) >= 11 is 0. The van der Waals surface area contributed by atoms with E-state index >= 15 is 0 Å². The Balaban J connectivity index is 1.90. The van der Waals surface area contributed by atoms with Crippen molar-refractivity contribution in [2.45, 2.75) is 36.7 Å². The van der Waals surface area contributed by atoms with Gasteiger partial charge in [-0.05, 0) is 48.9 Å². The zero-order valence-corrected chi connectivity index (χ0v) is 13.3. The molecule has 0 bridgehead atoms. The van der Waals surface area contributed by atoms with Crippen molar-refractivity contribution in [1.82, 2.24) is 0 Å². The first-order chi connectivity index (χ1) is 11.1. The van der Waals surface area contributed by atoms with Crippen molar-refractivity contribution >= 4 is 0 Å². The monoisotopic (exact) mass is 309 g/mol.